The molecule has 0 spiro atoms. The number of aryl methyl sites for hydroxylation is 2. The van der Waals surface area contributed by atoms with Gasteiger partial charge in [0.25, 0.3) is 5.24 Å². The van der Waals surface area contributed by atoms with Gasteiger partial charge in [-0.15, -0.1) is 11.3 Å². The molecular weight excluding hydrogens is 436 g/mol. The first-order valence-electron chi connectivity index (χ1n) is 9.65. The first-order chi connectivity index (χ1) is 14.8. The number of nitrogens with zero attached hydrogens (tertiary/aromatic N) is 1. The van der Waals surface area contributed by atoms with Crippen molar-refractivity contribution in [2.24, 2.45) is 0 Å². The molecule has 7 nitrogen and oxygen atoms in total. The Morgan fingerprint density at radius 2 is 1.97 bits per heavy atom. The van der Waals surface area contributed by atoms with Crippen molar-refractivity contribution in [2.75, 3.05) is 0 Å². The number of nitrogens with one attached hydrogen (secondary N) is 1. The van der Waals surface area contributed by atoms with E-state index in [0.717, 1.165) is 27.8 Å². The van der Waals surface area contributed by atoms with E-state index in [1.807, 2.05) is 18.4 Å². The maximum Gasteiger partial charge on any atom is 0.320 e. The van der Waals surface area contributed by atoms with E-state index in [1.165, 1.54) is 0 Å². The van der Waals surface area contributed by atoms with Gasteiger partial charge in [-0.3, -0.25) is 19.7 Å². The van der Waals surface area contributed by atoms with Crippen LogP contribution in [0.15, 0.2) is 40.1 Å². The highest BCUT2D eigenvalue weighted by atomic mass is 32.2. The Hall–Kier alpha value is -2.91. The Labute approximate surface area is 187 Å². The lowest BCUT2D eigenvalue weighted by Gasteiger charge is -2.10. The molecule has 3 aromatic rings. The highest BCUT2D eigenvalue weighted by molar-refractivity contribution is 8.15. The number of thiophene rings is 1. The van der Waals surface area contributed by atoms with E-state index in [2.05, 4.69) is 10.3 Å². The first-order valence-corrected chi connectivity index (χ1v) is 11.4. The van der Waals surface area contributed by atoms with Gasteiger partial charge >= 0.3 is 5.97 Å². The molecule has 4 rings (SSSR count). The summed E-state index contributed by atoms with van der Waals surface area (Å²) in [6.07, 6.45) is 0.427. The number of thioether (sulfide) groups is 1. The van der Waals surface area contributed by atoms with E-state index in [1.54, 1.807) is 49.4 Å². The largest absolute Gasteiger partial charge is 0.440 e. The van der Waals surface area contributed by atoms with Gasteiger partial charge in [0.05, 0.1) is 15.8 Å². The lowest BCUT2D eigenvalue weighted by Crippen LogP contribution is -2.25. The van der Waals surface area contributed by atoms with Gasteiger partial charge in [-0.25, -0.2) is 4.98 Å². The van der Waals surface area contributed by atoms with Crippen LogP contribution in [0.1, 0.15) is 35.4 Å². The maximum absolute atomic E-state index is 12.7. The molecule has 1 fully saturated rings. The molecule has 1 aliphatic rings. The molecule has 31 heavy (non-hydrogen) atoms. The molecule has 3 heterocycles. The molecular formula is C22H20N2O5S2. The second-order valence-electron chi connectivity index (χ2n) is 7.27. The average Bonchev–Trinajstić information content (AvgIpc) is 3.41. The van der Waals surface area contributed by atoms with Crippen molar-refractivity contribution in [3.63, 3.8) is 0 Å². The molecule has 1 saturated heterocycles. The monoisotopic (exact) mass is 456 g/mol. The predicted molar refractivity (Wildman–Crippen MR) is 118 cm³/mol. The van der Waals surface area contributed by atoms with Gasteiger partial charge in [0.2, 0.25) is 11.8 Å². The molecule has 1 N–H and O–H groups in total. The third-order valence-electron chi connectivity index (χ3n) is 4.98. The van der Waals surface area contributed by atoms with E-state index in [4.69, 9.17) is 9.15 Å². The van der Waals surface area contributed by atoms with Crippen molar-refractivity contribution in [1.82, 2.24) is 10.3 Å². The van der Waals surface area contributed by atoms with Gasteiger partial charge in [-0.1, -0.05) is 23.9 Å². The lowest BCUT2D eigenvalue weighted by molar-refractivity contribution is -0.135. The van der Waals surface area contributed by atoms with Crippen LogP contribution in [0.2, 0.25) is 0 Å². The van der Waals surface area contributed by atoms with Crippen LogP contribution in [0, 0.1) is 13.8 Å². The lowest BCUT2D eigenvalue weighted by atomic mass is 10.1. The summed E-state index contributed by atoms with van der Waals surface area (Å²) in [5.41, 5.74) is 2.50. The van der Waals surface area contributed by atoms with Crippen molar-refractivity contribution < 1.29 is 23.5 Å². The van der Waals surface area contributed by atoms with Crippen LogP contribution in [-0.2, 0) is 16.0 Å². The molecule has 2 atom stereocenters. The average molecular weight is 457 g/mol. The minimum absolute atomic E-state index is 0.278. The van der Waals surface area contributed by atoms with Gasteiger partial charge in [0.15, 0.2) is 0 Å². The molecule has 2 amide bonds. The molecule has 1 aliphatic heterocycles. The quantitative estimate of drug-likeness (QED) is 0.427. The number of ether oxygens (including phenoxy) is 1. The summed E-state index contributed by atoms with van der Waals surface area (Å²) in [7, 11) is 0. The van der Waals surface area contributed by atoms with Gasteiger partial charge < -0.3 is 9.15 Å². The maximum atomic E-state index is 12.7. The Morgan fingerprint density at radius 3 is 2.58 bits per heavy atom. The number of esters is 1. The van der Waals surface area contributed by atoms with Crippen molar-refractivity contribution in [2.45, 2.75) is 38.4 Å². The number of carbonyl (C=O) groups excluding carboxylic acids is 3. The molecule has 160 valence electrons. The number of benzene rings is 1. The fraction of sp³-hybridized carbons (Fsp3) is 0.273. The number of carbonyl (C=O) groups is 3. The molecule has 2 aromatic heterocycles. The van der Waals surface area contributed by atoms with E-state index in [0.29, 0.717) is 29.5 Å². The number of rotatable bonds is 6. The zero-order valence-electron chi connectivity index (χ0n) is 17.1. The Balaban J connectivity index is 1.41. The van der Waals surface area contributed by atoms with Crippen LogP contribution in [0.5, 0.6) is 5.75 Å². The first kappa shape index (κ1) is 21.3. The van der Waals surface area contributed by atoms with Crippen LogP contribution in [-0.4, -0.2) is 27.3 Å². The third kappa shape index (κ3) is 4.57. The summed E-state index contributed by atoms with van der Waals surface area (Å²) >= 11 is 2.53. The molecule has 0 radical (unpaired) electrons. The van der Waals surface area contributed by atoms with Crippen molar-refractivity contribution in [1.29, 1.82) is 0 Å². The highest BCUT2D eigenvalue weighted by Crippen LogP contribution is 2.32. The zero-order valence-corrected chi connectivity index (χ0v) is 18.8. The van der Waals surface area contributed by atoms with Gasteiger partial charge in [0.1, 0.15) is 17.4 Å². The molecule has 0 bridgehead atoms. The van der Waals surface area contributed by atoms with Crippen LogP contribution >= 0.6 is 23.1 Å². The molecule has 0 saturated carbocycles. The van der Waals surface area contributed by atoms with Crippen molar-refractivity contribution >= 4 is 40.2 Å². The number of aromatic nitrogens is 1. The van der Waals surface area contributed by atoms with E-state index >= 15 is 0 Å². The number of hydrogen-bond donors (Lipinski definition) is 1. The molecule has 9 heteroatoms. The second-order valence-corrected chi connectivity index (χ2v) is 9.36. The molecule has 1 aromatic carbocycles. The summed E-state index contributed by atoms with van der Waals surface area (Å²) in [6, 6.07) is 8.91. The zero-order chi connectivity index (χ0) is 22.1. The van der Waals surface area contributed by atoms with Crippen molar-refractivity contribution in [3.05, 3.63) is 58.3 Å². The van der Waals surface area contributed by atoms with Gasteiger partial charge in [-0.05, 0) is 61.9 Å². The van der Waals surface area contributed by atoms with E-state index in [-0.39, 0.29) is 11.1 Å². The van der Waals surface area contributed by atoms with Gasteiger partial charge in [-0.2, -0.15) is 0 Å². The minimum Gasteiger partial charge on any atom is -0.440 e. The standard InChI is InChI=1S/C22H20N2O5S2/c1-11-8-9-30-18(11)20-23-17(13(3)28-20)12(2)21(26)29-15-6-4-14(5-7-15)10-16-19(25)24-22(27)31-16/h4-9,12,16H,10H2,1-3H3,(H,24,25,27). The Morgan fingerprint density at radius 1 is 1.23 bits per heavy atom. The predicted octanol–water partition coefficient (Wildman–Crippen LogP) is 4.62. The summed E-state index contributed by atoms with van der Waals surface area (Å²) in [5, 5.41) is 3.49. The fourth-order valence-corrected chi connectivity index (χ4v) is 4.96. The SMILES string of the molecule is Cc1ccsc1-c1nc(C(C)C(=O)Oc2ccc(CC3SC(=O)NC3=O)cc2)c(C)o1. The topological polar surface area (TPSA) is 98.5 Å². The minimum atomic E-state index is -0.595. The van der Waals surface area contributed by atoms with E-state index in [9.17, 15) is 14.4 Å². The normalized spacial score (nSPS) is 16.9. The summed E-state index contributed by atoms with van der Waals surface area (Å²) in [5.74, 6) is 0.188. The smallest absolute Gasteiger partial charge is 0.320 e. The number of oxazole rings is 1. The van der Waals surface area contributed by atoms with Crippen molar-refractivity contribution in [3.8, 4) is 16.5 Å². The molecule has 0 aliphatic carbocycles. The van der Waals surface area contributed by atoms with Crippen LogP contribution in [0.4, 0.5) is 4.79 Å². The fourth-order valence-electron chi connectivity index (χ4n) is 3.25. The highest BCUT2D eigenvalue weighted by Gasteiger charge is 2.31. The summed E-state index contributed by atoms with van der Waals surface area (Å²) < 4.78 is 11.3. The second kappa shape index (κ2) is 8.68. The summed E-state index contributed by atoms with van der Waals surface area (Å²) in [4.78, 5) is 41.1. The number of hydrogen-bond acceptors (Lipinski definition) is 8. The van der Waals surface area contributed by atoms with E-state index < -0.39 is 17.1 Å². The number of imide groups is 1. The third-order valence-corrected chi connectivity index (χ3v) is 6.97. The molecule has 2 unspecified atom stereocenters. The van der Waals surface area contributed by atoms with Crippen LogP contribution in [0.25, 0.3) is 10.8 Å². The number of amides is 2. The Kier molecular flexibility index (Phi) is 5.97. The van der Waals surface area contributed by atoms with Crippen LogP contribution < -0.4 is 10.1 Å². The van der Waals surface area contributed by atoms with Crippen LogP contribution in [0.3, 0.4) is 0 Å². The Bertz CT molecular complexity index is 1150. The summed E-state index contributed by atoms with van der Waals surface area (Å²) in [6.45, 7) is 5.51. The van der Waals surface area contributed by atoms with Gasteiger partial charge in [0, 0.05) is 0 Å².